The van der Waals surface area contributed by atoms with E-state index in [9.17, 15) is 0 Å². The molecule has 3 nitrogen and oxygen atoms in total. The fourth-order valence-electron chi connectivity index (χ4n) is 1.68. The van der Waals surface area contributed by atoms with Crippen LogP contribution < -0.4 is 5.32 Å². The minimum absolute atomic E-state index is 0.894. The van der Waals surface area contributed by atoms with Crippen LogP contribution in [0.25, 0.3) is 0 Å². The van der Waals surface area contributed by atoms with Gasteiger partial charge in [-0.3, -0.25) is 4.68 Å². The number of halogens is 2. The molecule has 96 valence electrons. The molecule has 0 aliphatic carbocycles. The third kappa shape index (κ3) is 4.23. The van der Waals surface area contributed by atoms with Crippen molar-refractivity contribution in [2.24, 2.45) is 0 Å². The maximum atomic E-state index is 4.17. The summed E-state index contributed by atoms with van der Waals surface area (Å²) in [6.45, 7) is 2.85. The summed E-state index contributed by atoms with van der Waals surface area (Å²) in [7, 11) is 0. The molecule has 0 aliphatic rings. The van der Waals surface area contributed by atoms with E-state index in [0.29, 0.717) is 0 Å². The first-order chi connectivity index (χ1) is 8.75. The van der Waals surface area contributed by atoms with Crippen molar-refractivity contribution in [2.45, 2.75) is 19.5 Å². The van der Waals surface area contributed by atoms with Gasteiger partial charge in [-0.05, 0) is 68.6 Å². The molecule has 0 fully saturated rings. The fourth-order valence-corrected chi connectivity index (χ4v) is 2.35. The summed E-state index contributed by atoms with van der Waals surface area (Å²) >= 11 is 6.98. The predicted octanol–water partition coefficient (Wildman–Crippen LogP) is 3.59. The van der Waals surface area contributed by atoms with Crippen molar-refractivity contribution in [1.82, 2.24) is 15.1 Å². The molecule has 2 rings (SSSR count). The first-order valence-corrected chi connectivity index (χ1v) is 7.46. The summed E-state index contributed by atoms with van der Waals surface area (Å²) < 4.78 is 4.14. The van der Waals surface area contributed by atoms with Gasteiger partial charge in [-0.25, -0.2) is 0 Å². The third-order valence-electron chi connectivity index (χ3n) is 2.61. The van der Waals surface area contributed by atoms with Gasteiger partial charge in [-0.2, -0.15) is 5.10 Å². The Morgan fingerprint density at radius 1 is 1.22 bits per heavy atom. The van der Waals surface area contributed by atoms with Crippen LogP contribution in [-0.4, -0.2) is 16.3 Å². The molecule has 2 aromatic rings. The Labute approximate surface area is 124 Å². The number of hydrogen-bond acceptors (Lipinski definition) is 2. The second kappa shape index (κ2) is 7.07. The molecule has 0 amide bonds. The molecule has 0 aliphatic heterocycles. The Balaban J connectivity index is 1.67. The summed E-state index contributed by atoms with van der Waals surface area (Å²) in [5.74, 6) is 0. The minimum Gasteiger partial charge on any atom is -0.313 e. The van der Waals surface area contributed by atoms with Crippen molar-refractivity contribution < 1.29 is 0 Å². The molecule has 0 saturated carbocycles. The lowest BCUT2D eigenvalue weighted by Crippen LogP contribution is -2.16. The number of aromatic nitrogens is 2. The van der Waals surface area contributed by atoms with Gasteiger partial charge in [0, 0.05) is 34.4 Å². The zero-order valence-electron chi connectivity index (χ0n) is 9.94. The van der Waals surface area contributed by atoms with Gasteiger partial charge in [-0.1, -0.05) is 6.07 Å². The minimum atomic E-state index is 0.894. The van der Waals surface area contributed by atoms with Gasteiger partial charge in [0.25, 0.3) is 0 Å². The standard InChI is InChI=1S/C13H15Br2N3/c14-12-4-3-11(9-13(12)15)10-16-5-1-7-18-8-2-6-17-18/h2-4,6,8-9,16H,1,5,7,10H2. The lowest BCUT2D eigenvalue weighted by Gasteiger charge is -2.06. The summed E-state index contributed by atoms with van der Waals surface area (Å²) in [6, 6.07) is 8.26. The highest BCUT2D eigenvalue weighted by atomic mass is 79.9. The van der Waals surface area contributed by atoms with Crippen molar-refractivity contribution in [3.8, 4) is 0 Å². The summed E-state index contributed by atoms with van der Waals surface area (Å²) in [5, 5.41) is 7.60. The summed E-state index contributed by atoms with van der Waals surface area (Å²) in [4.78, 5) is 0. The van der Waals surface area contributed by atoms with Crippen LogP contribution >= 0.6 is 31.9 Å². The van der Waals surface area contributed by atoms with E-state index in [1.54, 1.807) is 0 Å². The molecule has 0 radical (unpaired) electrons. The number of nitrogens with one attached hydrogen (secondary N) is 1. The molecule has 0 atom stereocenters. The van der Waals surface area contributed by atoms with Gasteiger partial charge in [-0.15, -0.1) is 0 Å². The van der Waals surface area contributed by atoms with E-state index in [1.807, 2.05) is 23.1 Å². The van der Waals surface area contributed by atoms with E-state index in [0.717, 1.165) is 35.0 Å². The Bertz CT molecular complexity index is 483. The molecule has 0 spiro atoms. The third-order valence-corrected chi connectivity index (χ3v) is 4.49. The smallest absolute Gasteiger partial charge is 0.0489 e. The number of hydrogen-bond donors (Lipinski definition) is 1. The van der Waals surface area contributed by atoms with Crippen LogP contribution in [0.3, 0.4) is 0 Å². The van der Waals surface area contributed by atoms with Crippen LogP contribution in [0.2, 0.25) is 0 Å². The van der Waals surface area contributed by atoms with Crippen LogP contribution in [0.5, 0.6) is 0 Å². The fraction of sp³-hybridized carbons (Fsp3) is 0.308. The van der Waals surface area contributed by atoms with E-state index >= 15 is 0 Å². The van der Waals surface area contributed by atoms with Crippen molar-refractivity contribution in [1.29, 1.82) is 0 Å². The number of benzene rings is 1. The number of aryl methyl sites for hydroxylation is 1. The summed E-state index contributed by atoms with van der Waals surface area (Å²) in [6.07, 6.45) is 4.89. The first-order valence-electron chi connectivity index (χ1n) is 5.88. The van der Waals surface area contributed by atoms with Crippen molar-refractivity contribution in [3.63, 3.8) is 0 Å². The van der Waals surface area contributed by atoms with Crippen LogP contribution in [0, 0.1) is 0 Å². The Morgan fingerprint density at radius 2 is 2.11 bits per heavy atom. The van der Waals surface area contributed by atoms with E-state index in [2.05, 4.69) is 60.5 Å². The zero-order valence-corrected chi connectivity index (χ0v) is 13.1. The molecule has 1 N–H and O–H groups in total. The van der Waals surface area contributed by atoms with Gasteiger partial charge >= 0.3 is 0 Å². The van der Waals surface area contributed by atoms with Gasteiger partial charge < -0.3 is 5.32 Å². The molecule has 1 heterocycles. The second-order valence-electron chi connectivity index (χ2n) is 4.05. The van der Waals surface area contributed by atoms with Crippen LogP contribution in [-0.2, 0) is 13.1 Å². The van der Waals surface area contributed by atoms with Gasteiger partial charge in [0.1, 0.15) is 0 Å². The molecule has 18 heavy (non-hydrogen) atoms. The number of rotatable bonds is 6. The van der Waals surface area contributed by atoms with Crippen LogP contribution in [0.4, 0.5) is 0 Å². The highest BCUT2D eigenvalue weighted by molar-refractivity contribution is 9.13. The van der Waals surface area contributed by atoms with Crippen molar-refractivity contribution in [2.75, 3.05) is 6.54 Å². The van der Waals surface area contributed by atoms with E-state index in [-0.39, 0.29) is 0 Å². The molecule has 0 unspecified atom stereocenters. The van der Waals surface area contributed by atoms with Crippen LogP contribution in [0.1, 0.15) is 12.0 Å². The van der Waals surface area contributed by atoms with Gasteiger partial charge in [0.05, 0.1) is 0 Å². The SMILES string of the molecule is Brc1ccc(CNCCCn2cccn2)cc1Br. The molecule has 0 saturated heterocycles. The molecule has 1 aromatic carbocycles. The first kappa shape index (κ1) is 13.8. The monoisotopic (exact) mass is 371 g/mol. The van der Waals surface area contributed by atoms with Crippen molar-refractivity contribution >= 4 is 31.9 Å². The normalized spacial score (nSPS) is 10.8. The Kier molecular flexibility index (Phi) is 5.41. The molecular weight excluding hydrogens is 358 g/mol. The molecule has 0 bridgehead atoms. The average molecular weight is 373 g/mol. The lowest BCUT2D eigenvalue weighted by molar-refractivity contribution is 0.543. The topological polar surface area (TPSA) is 29.9 Å². The zero-order chi connectivity index (χ0) is 12.8. The quantitative estimate of drug-likeness (QED) is 0.785. The van der Waals surface area contributed by atoms with Gasteiger partial charge in [0.15, 0.2) is 0 Å². The van der Waals surface area contributed by atoms with Crippen LogP contribution in [0.15, 0.2) is 45.6 Å². The second-order valence-corrected chi connectivity index (χ2v) is 5.76. The summed E-state index contributed by atoms with van der Waals surface area (Å²) in [5.41, 5.74) is 1.28. The highest BCUT2D eigenvalue weighted by Crippen LogP contribution is 2.23. The molecule has 1 aromatic heterocycles. The Hall–Kier alpha value is -0.650. The van der Waals surface area contributed by atoms with E-state index in [4.69, 9.17) is 0 Å². The Morgan fingerprint density at radius 3 is 2.83 bits per heavy atom. The predicted molar refractivity (Wildman–Crippen MR) is 80.4 cm³/mol. The average Bonchev–Trinajstić information content (AvgIpc) is 2.86. The largest absolute Gasteiger partial charge is 0.313 e. The molecule has 5 heteroatoms. The lowest BCUT2D eigenvalue weighted by atomic mass is 10.2. The maximum Gasteiger partial charge on any atom is 0.0489 e. The molecular formula is C13H15Br2N3. The number of nitrogens with zero attached hydrogens (tertiary/aromatic N) is 2. The van der Waals surface area contributed by atoms with E-state index in [1.165, 1.54) is 5.56 Å². The van der Waals surface area contributed by atoms with Crippen molar-refractivity contribution in [3.05, 3.63) is 51.2 Å². The van der Waals surface area contributed by atoms with Gasteiger partial charge in [0.2, 0.25) is 0 Å². The maximum absolute atomic E-state index is 4.17. The van der Waals surface area contributed by atoms with E-state index < -0.39 is 0 Å². The highest BCUT2D eigenvalue weighted by Gasteiger charge is 1.98.